The van der Waals surface area contributed by atoms with E-state index in [2.05, 4.69) is 26.9 Å². The summed E-state index contributed by atoms with van der Waals surface area (Å²) < 4.78 is 5.82. The van der Waals surface area contributed by atoms with Crippen LogP contribution in [0, 0.1) is 10.1 Å². The number of amidine groups is 1. The molecule has 0 spiro atoms. The molecule has 1 aromatic heterocycles. The maximum absolute atomic E-state index is 12.5. The molecule has 1 saturated heterocycles. The third kappa shape index (κ3) is 4.54. The molecular weight excluding hydrogens is 440 g/mol. The van der Waals surface area contributed by atoms with Gasteiger partial charge in [-0.1, -0.05) is 30.3 Å². The first-order chi connectivity index (χ1) is 16.1. The summed E-state index contributed by atoms with van der Waals surface area (Å²) in [5.74, 6) is 0.714. The van der Waals surface area contributed by atoms with Crippen molar-refractivity contribution in [3.63, 3.8) is 0 Å². The van der Waals surface area contributed by atoms with E-state index in [1.54, 1.807) is 30.3 Å². The maximum atomic E-state index is 12.5. The maximum Gasteiger partial charge on any atom is 0.286 e. The van der Waals surface area contributed by atoms with Gasteiger partial charge in [0.05, 0.1) is 9.83 Å². The molecular formula is C24H20N4O4S. The van der Waals surface area contributed by atoms with Crippen LogP contribution in [0.5, 0.6) is 0 Å². The Kier molecular flexibility index (Phi) is 5.70. The van der Waals surface area contributed by atoms with Crippen molar-refractivity contribution >= 4 is 40.3 Å². The van der Waals surface area contributed by atoms with E-state index in [0.29, 0.717) is 27.2 Å². The van der Waals surface area contributed by atoms with Gasteiger partial charge >= 0.3 is 0 Å². The fraction of sp³-hybridized carbons (Fsp3) is 0.167. The van der Waals surface area contributed by atoms with E-state index >= 15 is 0 Å². The van der Waals surface area contributed by atoms with Crippen LogP contribution in [0.1, 0.15) is 5.76 Å². The zero-order chi connectivity index (χ0) is 22.8. The van der Waals surface area contributed by atoms with Crippen molar-refractivity contribution in [1.29, 1.82) is 0 Å². The van der Waals surface area contributed by atoms with Crippen LogP contribution in [0.15, 0.2) is 81.0 Å². The molecule has 5 rings (SSSR count). The second kappa shape index (κ2) is 8.95. The van der Waals surface area contributed by atoms with Gasteiger partial charge < -0.3 is 14.2 Å². The van der Waals surface area contributed by atoms with Crippen molar-refractivity contribution in [3.05, 3.63) is 87.5 Å². The molecule has 3 heterocycles. The predicted molar refractivity (Wildman–Crippen MR) is 129 cm³/mol. The summed E-state index contributed by atoms with van der Waals surface area (Å²) in [6.07, 6.45) is 1.67. The summed E-state index contributed by atoms with van der Waals surface area (Å²) in [6, 6.07) is 20.0. The highest BCUT2D eigenvalue weighted by atomic mass is 32.2. The Bertz CT molecular complexity index is 1260. The number of amides is 1. The zero-order valence-electron chi connectivity index (χ0n) is 17.6. The molecule has 2 aromatic carbocycles. The van der Waals surface area contributed by atoms with Crippen LogP contribution in [0.3, 0.4) is 0 Å². The minimum atomic E-state index is -0.443. The zero-order valence-corrected chi connectivity index (χ0v) is 18.4. The number of nitro benzene ring substituents is 1. The highest BCUT2D eigenvalue weighted by molar-refractivity contribution is 8.18. The van der Waals surface area contributed by atoms with Gasteiger partial charge in [0.15, 0.2) is 5.17 Å². The minimum absolute atomic E-state index is 0.00395. The molecule has 0 aliphatic carbocycles. The fourth-order valence-electron chi connectivity index (χ4n) is 3.82. The minimum Gasteiger partial charge on any atom is -0.457 e. The summed E-state index contributed by atoms with van der Waals surface area (Å²) in [7, 11) is 0. The molecule has 1 fully saturated rings. The van der Waals surface area contributed by atoms with Crippen LogP contribution in [0.2, 0.25) is 0 Å². The van der Waals surface area contributed by atoms with E-state index < -0.39 is 4.92 Å². The predicted octanol–water partition coefficient (Wildman–Crippen LogP) is 4.65. The summed E-state index contributed by atoms with van der Waals surface area (Å²) >= 11 is 1.35. The molecule has 0 N–H and O–H groups in total. The number of piperazine rings is 1. The van der Waals surface area contributed by atoms with Gasteiger partial charge in [-0.15, -0.1) is 0 Å². The van der Waals surface area contributed by atoms with Gasteiger partial charge in [-0.2, -0.15) is 4.99 Å². The lowest BCUT2D eigenvalue weighted by Crippen LogP contribution is -2.47. The number of furan rings is 1. The van der Waals surface area contributed by atoms with Crippen LogP contribution in [0.25, 0.3) is 17.4 Å². The van der Waals surface area contributed by atoms with Gasteiger partial charge in [0.1, 0.15) is 11.5 Å². The molecule has 33 heavy (non-hydrogen) atoms. The van der Waals surface area contributed by atoms with Gasteiger partial charge in [0.25, 0.3) is 11.6 Å². The molecule has 1 amide bonds. The molecule has 0 saturated carbocycles. The number of hydrogen-bond acceptors (Lipinski definition) is 7. The lowest BCUT2D eigenvalue weighted by Gasteiger charge is -2.36. The van der Waals surface area contributed by atoms with E-state index in [4.69, 9.17) is 4.42 Å². The van der Waals surface area contributed by atoms with Gasteiger partial charge in [-0.05, 0) is 36.0 Å². The number of aliphatic imine (C=N–C) groups is 1. The Hall–Kier alpha value is -3.85. The second-order valence-corrected chi connectivity index (χ2v) is 8.64. The third-order valence-corrected chi connectivity index (χ3v) is 6.57. The first kappa shape index (κ1) is 21.0. The molecule has 2 aliphatic heterocycles. The summed E-state index contributed by atoms with van der Waals surface area (Å²) in [4.78, 5) is 32.3. The Morgan fingerprint density at radius 3 is 2.48 bits per heavy atom. The number of carbonyl (C=O) groups excluding carboxylic acids is 1. The number of carbonyl (C=O) groups is 1. The fourth-order valence-corrected chi connectivity index (χ4v) is 4.76. The number of nitro groups is 1. The van der Waals surface area contributed by atoms with Crippen LogP contribution in [-0.4, -0.2) is 47.1 Å². The summed E-state index contributed by atoms with van der Waals surface area (Å²) in [5, 5.41) is 11.7. The van der Waals surface area contributed by atoms with Crippen LogP contribution >= 0.6 is 11.8 Å². The highest BCUT2D eigenvalue weighted by Crippen LogP contribution is 2.33. The molecule has 0 bridgehead atoms. The molecule has 2 aliphatic rings. The molecule has 0 unspecified atom stereocenters. The summed E-state index contributed by atoms with van der Waals surface area (Å²) in [5.41, 5.74) is 1.80. The first-order valence-electron chi connectivity index (χ1n) is 10.5. The normalized spacial score (nSPS) is 17.5. The van der Waals surface area contributed by atoms with Gasteiger partial charge in [0, 0.05) is 55.6 Å². The largest absolute Gasteiger partial charge is 0.457 e. The van der Waals surface area contributed by atoms with Crippen molar-refractivity contribution in [3.8, 4) is 11.3 Å². The quantitative estimate of drug-likeness (QED) is 0.318. The third-order valence-electron chi connectivity index (χ3n) is 5.52. The molecule has 166 valence electrons. The van der Waals surface area contributed by atoms with E-state index in [1.807, 2.05) is 18.2 Å². The number of hydrogen-bond donors (Lipinski definition) is 0. The van der Waals surface area contributed by atoms with Gasteiger partial charge in [0.2, 0.25) is 0 Å². The molecule has 8 nitrogen and oxygen atoms in total. The first-order valence-corrected chi connectivity index (χ1v) is 11.3. The highest BCUT2D eigenvalue weighted by Gasteiger charge is 2.29. The van der Waals surface area contributed by atoms with Crippen LogP contribution in [0.4, 0.5) is 11.4 Å². The monoisotopic (exact) mass is 460 g/mol. The van der Waals surface area contributed by atoms with Crippen LogP contribution in [-0.2, 0) is 4.79 Å². The Morgan fingerprint density at radius 1 is 0.970 bits per heavy atom. The molecule has 9 heteroatoms. The Labute approximate surface area is 194 Å². The Balaban J connectivity index is 1.25. The van der Waals surface area contributed by atoms with E-state index in [-0.39, 0.29) is 11.6 Å². The van der Waals surface area contributed by atoms with Crippen molar-refractivity contribution in [2.45, 2.75) is 0 Å². The van der Waals surface area contributed by atoms with Crippen LogP contribution < -0.4 is 4.90 Å². The number of benzene rings is 2. The number of thioether (sulfide) groups is 1. The number of para-hydroxylation sites is 1. The SMILES string of the molecule is O=C1N=C(N2CCN(c3ccccc3)CC2)S/C1=C\c1ccc(-c2cccc([N+](=O)[O-])c2)o1. The van der Waals surface area contributed by atoms with Crippen molar-refractivity contribution < 1.29 is 14.1 Å². The second-order valence-electron chi connectivity index (χ2n) is 7.63. The van der Waals surface area contributed by atoms with E-state index in [1.165, 1.54) is 29.6 Å². The lowest BCUT2D eigenvalue weighted by molar-refractivity contribution is -0.384. The van der Waals surface area contributed by atoms with Crippen molar-refractivity contribution in [2.24, 2.45) is 4.99 Å². The average molecular weight is 461 g/mol. The van der Waals surface area contributed by atoms with E-state index in [0.717, 1.165) is 26.2 Å². The lowest BCUT2D eigenvalue weighted by atomic mass is 10.1. The molecule has 0 radical (unpaired) electrons. The van der Waals surface area contributed by atoms with Gasteiger partial charge in [-0.3, -0.25) is 14.9 Å². The number of rotatable bonds is 4. The number of non-ortho nitro benzene ring substituents is 1. The molecule has 0 atom stereocenters. The summed E-state index contributed by atoms with van der Waals surface area (Å²) in [6.45, 7) is 3.31. The van der Waals surface area contributed by atoms with E-state index in [9.17, 15) is 14.9 Å². The van der Waals surface area contributed by atoms with Crippen molar-refractivity contribution in [2.75, 3.05) is 31.1 Å². The van der Waals surface area contributed by atoms with Gasteiger partial charge in [-0.25, -0.2) is 0 Å². The smallest absolute Gasteiger partial charge is 0.286 e. The topological polar surface area (TPSA) is 92.2 Å². The molecule has 3 aromatic rings. The van der Waals surface area contributed by atoms with Crippen molar-refractivity contribution in [1.82, 2.24) is 4.90 Å². The average Bonchev–Trinajstić information content (AvgIpc) is 3.47. The Morgan fingerprint density at radius 2 is 1.73 bits per heavy atom. The number of nitrogens with zero attached hydrogens (tertiary/aromatic N) is 4. The number of anilines is 1. The standard InChI is InChI=1S/C24H20N4O4S/c29-23-22(16-20-9-10-21(32-20)17-5-4-8-19(15-17)28(30)31)33-24(25-23)27-13-11-26(12-14-27)18-6-2-1-3-7-18/h1-10,15-16H,11-14H2/b22-16-.